The number of anilines is 1. The van der Waals surface area contributed by atoms with Crippen LogP contribution in [0.3, 0.4) is 0 Å². The zero-order valence-corrected chi connectivity index (χ0v) is 21.6. The standard InChI is InChI=1S/C24H23ClN4O4S2/c1-3-33-23(32)20-14-9-8-13(2)10-17(14)34-22(20)29-19(30)11-18(21(29)31)35-24(27-12-26)28-16-7-5-4-6-15(16)25/h4-7,13,18H,3,8-11H2,1-2H3,(H,27,28)/t13-,18+/m0/s1. The Labute approximate surface area is 216 Å². The highest BCUT2D eigenvalue weighted by atomic mass is 35.5. The SMILES string of the molecule is CCOC(=O)c1c(N2C(=O)C[C@@H](SC(=Nc3ccccc3Cl)NC#N)C2=O)sc2c1CC[C@H](C)C2. The average Bonchev–Trinajstić information content (AvgIpc) is 3.31. The Kier molecular flexibility index (Phi) is 7.79. The average molecular weight is 531 g/mol. The number of nitrogens with zero attached hydrogens (tertiary/aromatic N) is 3. The van der Waals surface area contributed by atoms with E-state index in [1.54, 1.807) is 31.2 Å². The quantitative estimate of drug-likeness (QED) is 0.147. The van der Waals surface area contributed by atoms with Crippen LogP contribution < -0.4 is 10.2 Å². The Morgan fingerprint density at radius 2 is 2.14 bits per heavy atom. The topological polar surface area (TPSA) is 112 Å². The number of esters is 1. The molecule has 1 aromatic carbocycles. The number of benzene rings is 1. The molecule has 8 nitrogen and oxygen atoms in total. The van der Waals surface area contributed by atoms with E-state index in [0.717, 1.165) is 39.9 Å². The maximum Gasteiger partial charge on any atom is 0.341 e. The third-order valence-electron chi connectivity index (χ3n) is 5.77. The van der Waals surface area contributed by atoms with E-state index < -0.39 is 23.0 Å². The first kappa shape index (κ1) is 25.2. The molecule has 1 N–H and O–H groups in total. The number of fused-ring (bicyclic) bond motifs is 1. The first-order valence-electron chi connectivity index (χ1n) is 11.2. The van der Waals surface area contributed by atoms with Crippen molar-refractivity contribution in [2.45, 2.75) is 44.8 Å². The third-order valence-corrected chi connectivity index (χ3v) is 8.40. The summed E-state index contributed by atoms with van der Waals surface area (Å²) < 4.78 is 5.29. The van der Waals surface area contributed by atoms with Gasteiger partial charge in [-0.1, -0.05) is 42.4 Å². The number of para-hydroxylation sites is 1. The van der Waals surface area contributed by atoms with E-state index >= 15 is 0 Å². The van der Waals surface area contributed by atoms with E-state index in [2.05, 4.69) is 17.2 Å². The highest BCUT2D eigenvalue weighted by Gasteiger charge is 2.44. The molecule has 2 aromatic rings. The number of thiophene rings is 1. The van der Waals surface area contributed by atoms with Crippen molar-refractivity contribution >= 4 is 68.3 Å². The van der Waals surface area contributed by atoms with Crippen molar-refractivity contribution < 1.29 is 19.1 Å². The number of amidine groups is 1. The van der Waals surface area contributed by atoms with Gasteiger partial charge in [0.25, 0.3) is 0 Å². The number of halogens is 1. The summed E-state index contributed by atoms with van der Waals surface area (Å²) in [4.78, 5) is 45.9. The fourth-order valence-electron chi connectivity index (χ4n) is 4.14. The van der Waals surface area contributed by atoms with Gasteiger partial charge in [-0.25, -0.2) is 14.7 Å². The number of thioether (sulfide) groups is 1. The van der Waals surface area contributed by atoms with Crippen LogP contribution in [0.4, 0.5) is 10.7 Å². The molecule has 2 aliphatic rings. The van der Waals surface area contributed by atoms with Gasteiger partial charge >= 0.3 is 5.97 Å². The molecule has 182 valence electrons. The number of nitriles is 1. The molecule has 2 heterocycles. The lowest BCUT2D eigenvalue weighted by molar-refractivity contribution is -0.121. The van der Waals surface area contributed by atoms with Crippen molar-refractivity contribution in [1.29, 1.82) is 5.26 Å². The number of imide groups is 1. The number of aliphatic imine (C=N–C) groups is 1. The monoisotopic (exact) mass is 530 g/mol. The molecule has 1 aromatic heterocycles. The van der Waals surface area contributed by atoms with Gasteiger partial charge in [0.15, 0.2) is 11.4 Å². The number of ether oxygens (including phenoxy) is 1. The minimum Gasteiger partial charge on any atom is -0.462 e. The molecule has 35 heavy (non-hydrogen) atoms. The van der Waals surface area contributed by atoms with Crippen molar-refractivity contribution in [2.24, 2.45) is 10.9 Å². The molecular formula is C24H23ClN4O4S2. The lowest BCUT2D eigenvalue weighted by atomic mass is 9.88. The first-order chi connectivity index (χ1) is 16.8. The van der Waals surface area contributed by atoms with Gasteiger partial charge in [0.2, 0.25) is 11.8 Å². The molecule has 1 fully saturated rings. The molecule has 0 bridgehead atoms. The number of carbonyl (C=O) groups is 3. The summed E-state index contributed by atoms with van der Waals surface area (Å²) in [5, 5.41) is 11.7. The fraction of sp³-hybridized carbons (Fsp3) is 0.375. The van der Waals surface area contributed by atoms with E-state index in [0.29, 0.717) is 33.6 Å². The largest absolute Gasteiger partial charge is 0.462 e. The molecule has 0 unspecified atom stereocenters. The second-order valence-corrected chi connectivity index (χ2v) is 10.9. The van der Waals surface area contributed by atoms with E-state index in [1.165, 1.54) is 11.3 Å². The molecule has 1 aliphatic carbocycles. The number of rotatable bonds is 5. The molecule has 0 spiro atoms. The van der Waals surface area contributed by atoms with Crippen molar-refractivity contribution in [2.75, 3.05) is 11.5 Å². The molecule has 2 amide bonds. The molecule has 1 saturated heterocycles. The second kappa shape index (κ2) is 10.8. The highest BCUT2D eigenvalue weighted by Crippen LogP contribution is 2.44. The predicted octanol–water partition coefficient (Wildman–Crippen LogP) is 4.83. The minimum absolute atomic E-state index is 0.0839. The van der Waals surface area contributed by atoms with Crippen molar-refractivity contribution in [3.8, 4) is 6.19 Å². The van der Waals surface area contributed by atoms with Crippen LogP contribution in [-0.2, 0) is 27.2 Å². The van der Waals surface area contributed by atoms with Crippen LogP contribution in [0.25, 0.3) is 0 Å². The van der Waals surface area contributed by atoms with Gasteiger partial charge < -0.3 is 4.74 Å². The number of carbonyl (C=O) groups excluding carboxylic acids is 3. The molecule has 0 saturated carbocycles. The molecule has 1 aliphatic heterocycles. The Morgan fingerprint density at radius 3 is 2.86 bits per heavy atom. The zero-order valence-electron chi connectivity index (χ0n) is 19.2. The van der Waals surface area contributed by atoms with Crippen LogP contribution in [0, 0.1) is 17.4 Å². The van der Waals surface area contributed by atoms with Crippen LogP contribution in [0.15, 0.2) is 29.3 Å². The second-order valence-electron chi connectivity index (χ2n) is 8.24. The molecule has 0 radical (unpaired) electrons. The smallest absolute Gasteiger partial charge is 0.341 e. The minimum atomic E-state index is -0.808. The Hall–Kier alpha value is -2.87. The normalized spacial score (nSPS) is 19.9. The Morgan fingerprint density at radius 1 is 1.37 bits per heavy atom. The van der Waals surface area contributed by atoms with Crippen molar-refractivity contribution in [3.63, 3.8) is 0 Å². The van der Waals surface area contributed by atoms with Crippen LogP contribution in [0.1, 0.15) is 47.5 Å². The van der Waals surface area contributed by atoms with Gasteiger partial charge in [0.1, 0.15) is 10.3 Å². The van der Waals surface area contributed by atoms with Crippen LogP contribution in [0.2, 0.25) is 5.02 Å². The molecular weight excluding hydrogens is 508 g/mol. The van der Waals surface area contributed by atoms with E-state index in [-0.39, 0.29) is 18.2 Å². The van der Waals surface area contributed by atoms with Crippen LogP contribution in [0.5, 0.6) is 0 Å². The van der Waals surface area contributed by atoms with Gasteiger partial charge in [-0.3, -0.25) is 14.9 Å². The van der Waals surface area contributed by atoms with E-state index in [4.69, 9.17) is 21.6 Å². The summed E-state index contributed by atoms with van der Waals surface area (Å²) in [6.45, 7) is 4.06. The van der Waals surface area contributed by atoms with Gasteiger partial charge in [0, 0.05) is 11.3 Å². The maximum absolute atomic E-state index is 13.4. The number of hydrogen-bond donors (Lipinski definition) is 1. The van der Waals surface area contributed by atoms with Gasteiger partial charge in [-0.2, -0.15) is 5.26 Å². The van der Waals surface area contributed by atoms with Crippen LogP contribution >= 0.6 is 34.7 Å². The number of amides is 2. The number of nitrogens with one attached hydrogen (secondary N) is 1. The highest BCUT2D eigenvalue weighted by molar-refractivity contribution is 8.15. The summed E-state index contributed by atoms with van der Waals surface area (Å²) in [6.07, 6.45) is 4.15. The predicted molar refractivity (Wildman–Crippen MR) is 137 cm³/mol. The Balaban J connectivity index is 1.66. The summed E-state index contributed by atoms with van der Waals surface area (Å²) >= 11 is 8.48. The molecule has 4 rings (SSSR count). The fourth-order valence-corrected chi connectivity index (χ4v) is 6.79. The molecule has 2 atom stereocenters. The van der Waals surface area contributed by atoms with Gasteiger partial charge in [-0.05, 0) is 49.8 Å². The zero-order chi connectivity index (χ0) is 25.1. The van der Waals surface area contributed by atoms with Crippen molar-refractivity contribution in [3.05, 3.63) is 45.3 Å². The summed E-state index contributed by atoms with van der Waals surface area (Å²) in [5.74, 6) is -0.918. The number of hydrogen-bond acceptors (Lipinski definition) is 8. The van der Waals surface area contributed by atoms with E-state index in [1.807, 2.05) is 6.19 Å². The summed E-state index contributed by atoms with van der Waals surface area (Å²) in [7, 11) is 0. The molecule has 11 heteroatoms. The lowest BCUT2D eigenvalue weighted by Gasteiger charge is -2.18. The van der Waals surface area contributed by atoms with Crippen molar-refractivity contribution in [1.82, 2.24) is 5.32 Å². The lowest BCUT2D eigenvalue weighted by Crippen LogP contribution is -2.32. The third kappa shape index (κ3) is 5.22. The maximum atomic E-state index is 13.4. The first-order valence-corrected chi connectivity index (χ1v) is 13.2. The summed E-state index contributed by atoms with van der Waals surface area (Å²) in [6, 6.07) is 6.85. The van der Waals surface area contributed by atoms with Crippen LogP contribution in [-0.4, -0.2) is 34.8 Å². The Bertz CT molecular complexity index is 1250. The van der Waals surface area contributed by atoms with E-state index in [9.17, 15) is 14.4 Å². The summed E-state index contributed by atoms with van der Waals surface area (Å²) in [5.41, 5.74) is 1.63. The van der Waals surface area contributed by atoms with Gasteiger partial charge in [0.05, 0.1) is 22.9 Å². The van der Waals surface area contributed by atoms with Gasteiger partial charge in [-0.15, -0.1) is 11.3 Å².